The molecule has 1 amide bonds. The molecule has 30 heavy (non-hydrogen) atoms. The standard InChI is InChI=1S/C23H33N3O4/c1-16(2)14-26-15-19(22(27)24-8-7-11-25-9-5-6-10-25)17-12-20(29-3)21(30-4)13-18(17)23(26)28/h12-13,15-16H,5-11,14H2,1-4H3,(H,24,27). The van der Waals surface area contributed by atoms with Crippen LogP contribution in [0, 0.1) is 5.92 Å². The summed E-state index contributed by atoms with van der Waals surface area (Å²) < 4.78 is 12.4. The summed E-state index contributed by atoms with van der Waals surface area (Å²) in [5.74, 6) is 1.07. The van der Waals surface area contributed by atoms with Gasteiger partial charge in [0.2, 0.25) is 0 Å². The lowest BCUT2D eigenvalue weighted by molar-refractivity contribution is 0.0952. The van der Waals surface area contributed by atoms with Crippen molar-refractivity contribution in [1.29, 1.82) is 0 Å². The molecule has 0 bridgehead atoms. The number of aromatic nitrogens is 1. The van der Waals surface area contributed by atoms with Crippen LogP contribution in [0.3, 0.4) is 0 Å². The van der Waals surface area contributed by atoms with Crippen molar-refractivity contribution in [3.8, 4) is 11.5 Å². The highest BCUT2D eigenvalue weighted by atomic mass is 16.5. The number of amides is 1. The third-order valence-corrected chi connectivity index (χ3v) is 5.53. The second kappa shape index (κ2) is 9.98. The first-order chi connectivity index (χ1) is 14.4. The van der Waals surface area contributed by atoms with E-state index in [-0.39, 0.29) is 17.4 Å². The molecule has 0 atom stereocenters. The quantitative estimate of drug-likeness (QED) is 0.638. The first-order valence-corrected chi connectivity index (χ1v) is 10.7. The van der Waals surface area contributed by atoms with Crippen LogP contribution in [0.4, 0.5) is 0 Å². The van der Waals surface area contributed by atoms with Gasteiger partial charge in [-0.2, -0.15) is 0 Å². The summed E-state index contributed by atoms with van der Waals surface area (Å²) >= 11 is 0. The van der Waals surface area contributed by atoms with Gasteiger partial charge >= 0.3 is 0 Å². The topological polar surface area (TPSA) is 72.8 Å². The van der Waals surface area contributed by atoms with Crippen LogP contribution in [0.1, 0.15) is 43.5 Å². The molecule has 0 saturated carbocycles. The largest absolute Gasteiger partial charge is 0.493 e. The maximum absolute atomic E-state index is 13.0. The lowest BCUT2D eigenvalue weighted by Crippen LogP contribution is -2.31. The van der Waals surface area contributed by atoms with Gasteiger partial charge in [-0.1, -0.05) is 13.8 Å². The molecule has 7 heteroatoms. The van der Waals surface area contributed by atoms with Crippen molar-refractivity contribution < 1.29 is 14.3 Å². The van der Waals surface area contributed by atoms with Crippen molar-refractivity contribution in [2.45, 2.75) is 39.7 Å². The Kier molecular flexibility index (Phi) is 7.37. The van der Waals surface area contributed by atoms with E-state index in [9.17, 15) is 9.59 Å². The van der Waals surface area contributed by atoms with E-state index in [1.54, 1.807) is 30.0 Å². The molecule has 1 aromatic heterocycles. The Balaban J connectivity index is 1.90. The number of hydrogen-bond donors (Lipinski definition) is 1. The molecule has 3 rings (SSSR count). The number of nitrogens with one attached hydrogen (secondary N) is 1. The van der Waals surface area contributed by atoms with E-state index in [0.717, 1.165) is 26.1 Å². The van der Waals surface area contributed by atoms with Gasteiger partial charge in [0.05, 0.1) is 25.2 Å². The highest BCUT2D eigenvalue weighted by Gasteiger charge is 2.19. The number of nitrogens with zero attached hydrogens (tertiary/aromatic N) is 2. The van der Waals surface area contributed by atoms with Gasteiger partial charge in [-0.05, 0) is 56.9 Å². The molecule has 1 aromatic carbocycles. The van der Waals surface area contributed by atoms with E-state index in [2.05, 4.69) is 10.2 Å². The zero-order valence-electron chi connectivity index (χ0n) is 18.5. The molecule has 1 N–H and O–H groups in total. The smallest absolute Gasteiger partial charge is 0.258 e. The number of hydrogen-bond acceptors (Lipinski definition) is 5. The highest BCUT2D eigenvalue weighted by Crippen LogP contribution is 2.32. The van der Waals surface area contributed by atoms with Gasteiger partial charge in [-0.25, -0.2) is 0 Å². The maximum atomic E-state index is 13.0. The van der Waals surface area contributed by atoms with Gasteiger partial charge < -0.3 is 24.3 Å². The first kappa shape index (κ1) is 22.2. The van der Waals surface area contributed by atoms with Crippen molar-refractivity contribution >= 4 is 16.7 Å². The van der Waals surface area contributed by atoms with Gasteiger partial charge in [0.1, 0.15) is 0 Å². The Morgan fingerprint density at radius 1 is 1.10 bits per heavy atom. The molecule has 7 nitrogen and oxygen atoms in total. The first-order valence-electron chi connectivity index (χ1n) is 10.7. The molecule has 1 aliphatic heterocycles. The molecule has 0 radical (unpaired) electrons. The molecule has 2 aromatic rings. The van der Waals surface area contributed by atoms with E-state index in [1.807, 2.05) is 13.8 Å². The fourth-order valence-electron chi connectivity index (χ4n) is 4.03. The molecular weight excluding hydrogens is 382 g/mol. The van der Waals surface area contributed by atoms with E-state index in [4.69, 9.17) is 9.47 Å². The number of rotatable bonds is 9. The van der Waals surface area contributed by atoms with Gasteiger partial charge in [0, 0.05) is 24.7 Å². The lowest BCUT2D eigenvalue weighted by atomic mass is 10.0. The van der Waals surface area contributed by atoms with Gasteiger partial charge in [-0.3, -0.25) is 9.59 Å². The summed E-state index contributed by atoms with van der Waals surface area (Å²) in [7, 11) is 3.08. The average molecular weight is 416 g/mol. The second-order valence-electron chi connectivity index (χ2n) is 8.31. The summed E-state index contributed by atoms with van der Waals surface area (Å²) in [6.45, 7) is 8.54. The summed E-state index contributed by atoms with van der Waals surface area (Å²) in [4.78, 5) is 28.5. The minimum atomic E-state index is -0.175. The molecule has 0 aliphatic carbocycles. The van der Waals surface area contributed by atoms with Crippen molar-refractivity contribution in [3.05, 3.63) is 34.2 Å². The summed E-state index contributed by atoms with van der Waals surface area (Å²) in [5, 5.41) is 4.06. The van der Waals surface area contributed by atoms with E-state index in [1.165, 1.54) is 20.0 Å². The van der Waals surface area contributed by atoms with Crippen LogP contribution in [0.5, 0.6) is 11.5 Å². The Morgan fingerprint density at radius 2 is 1.73 bits per heavy atom. The number of fused-ring (bicyclic) bond motifs is 1. The molecule has 1 fully saturated rings. The molecule has 0 unspecified atom stereocenters. The molecular formula is C23H33N3O4. The second-order valence-corrected chi connectivity index (χ2v) is 8.31. The fourth-order valence-corrected chi connectivity index (χ4v) is 4.03. The maximum Gasteiger partial charge on any atom is 0.258 e. The van der Waals surface area contributed by atoms with Gasteiger partial charge in [0.25, 0.3) is 11.5 Å². The normalized spacial score (nSPS) is 14.4. The van der Waals surface area contributed by atoms with Crippen LogP contribution in [0.2, 0.25) is 0 Å². The minimum Gasteiger partial charge on any atom is -0.493 e. The fraction of sp³-hybridized carbons (Fsp3) is 0.565. The number of methoxy groups -OCH3 is 2. The summed E-state index contributed by atoms with van der Waals surface area (Å²) in [6, 6.07) is 3.38. The van der Waals surface area contributed by atoms with Gasteiger partial charge in [-0.15, -0.1) is 0 Å². The van der Waals surface area contributed by atoms with Crippen LogP contribution in [0.15, 0.2) is 23.1 Å². The van der Waals surface area contributed by atoms with Crippen LogP contribution >= 0.6 is 0 Å². The number of carbonyl (C=O) groups excluding carboxylic acids is 1. The highest BCUT2D eigenvalue weighted by molar-refractivity contribution is 6.07. The molecule has 1 saturated heterocycles. The van der Waals surface area contributed by atoms with Crippen LogP contribution in [-0.4, -0.2) is 55.8 Å². The Hall–Kier alpha value is -2.54. The van der Waals surface area contributed by atoms with Crippen LogP contribution < -0.4 is 20.3 Å². The average Bonchev–Trinajstić information content (AvgIpc) is 3.25. The predicted octanol–water partition coefficient (Wildman–Crippen LogP) is 2.89. The van der Waals surface area contributed by atoms with E-state index >= 15 is 0 Å². The zero-order chi connectivity index (χ0) is 21.7. The number of likely N-dealkylation sites (tertiary alicyclic amines) is 1. The molecule has 2 heterocycles. The lowest BCUT2D eigenvalue weighted by Gasteiger charge is -2.17. The third-order valence-electron chi connectivity index (χ3n) is 5.53. The van der Waals surface area contributed by atoms with Crippen molar-refractivity contribution in [3.63, 3.8) is 0 Å². The van der Waals surface area contributed by atoms with Crippen LogP contribution in [0.25, 0.3) is 10.8 Å². The molecule has 0 spiro atoms. The monoisotopic (exact) mass is 415 g/mol. The van der Waals surface area contributed by atoms with Crippen LogP contribution in [-0.2, 0) is 6.54 Å². The minimum absolute atomic E-state index is 0.134. The summed E-state index contributed by atoms with van der Waals surface area (Å²) in [6.07, 6.45) is 5.11. The number of carbonyl (C=O) groups is 1. The molecule has 1 aliphatic rings. The van der Waals surface area contributed by atoms with Crippen molar-refractivity contribution in [2.24, 2.45) is 5.92 Å². The Labute approximate surface area is 178 Å². The van der Waals surface area contributed by atoms with Crippen molar-refractivity contribution in [1.82, 2.24) is 14.8 Å². The van der Waals surface area contributed by atoms with E-state index in [0.29, 0.717) is 40.9 Å². The summed E-state index contributed by atoms with van der Waals surface area (Å²) in [5.41, 5.74) is 0.345. The predicted molar refractivity (Wildman–Crippen MR) is 119 cm³/mol. The van der Waals surface area contributed by atoms with Gasteiger partial charge in [0.15, 0.2) is 11.5 Å². The number of benzene rings is 1. The van der Waals surface area contributed by atoms with E-state index < -0.39 is 0 Å². The number of ether oxygens (including phenoxy) is 2. The SMILES string of the molecule is COc1cc2c(C(=O)NCCCN3CCCC3)cn(CC(C)C)c(=O)c2cc1OC. The zero-order valence-corrected chi connectivity index (χ0v) is 18.5. The molecule has 164 valence electrons. The third kappa shape index (κ3) is 4.95. The Bertz CT molecular complexity index is 946. The van der Waals surface area contributed by atoms with Crippen molar-refractivity contribution in [2.75, 3.05) is 40.4 Å². The number of pyridine rings is 1. The Morgan fingerprint density at radius 3 is 2.33 bits per heavy atom.